The van der Waals surface area contributed by atoms with E-state index in [0.29, 0.717) is 22.6 Å². The molecule has 0 unspecified atom stereocenters. The quantitative estimate of drug-likeness (QED) is 0.688. The van der Waals surface area contributed by atoms with Crippen molar-refractivity contribution >= 4 is 22.5 Å². The average Bonchev–Trinajstić information content (AvgIpc) is 2.74. The van der Waals surface area contributed by atoms with Gasteiger partial charge < -0.3 is 10.2 Å². The third-order valence-electron chi connectivity index (χ3n) is 5.30. The van der Waals surface area contributed by atoms with Gasteiger partial charge in [-0.1, -0.05) is 17.7 Å². The van der Waals surface area contributed by atoms with Gasteiger partial charge in [0.25, 0.3) is 0 Å². The van der Waals surface area contributed by atoms with Gasteiger partial charge in [0.15, 0.2) is 0 Å². The van der Waals surface area contributed by atoms with Gasteiger partial charge in [0.05, 0.1) is 23.4 Å². The van der Waals surface area contributed by atoms with Crippen molar-refractivity contribution in [3.63, 3.8) is 0 Å². The number of aromatic hydroxyl groups is 1. The summed E-state index contributed by atoms with van der Waals surface area (Å²) in [6, 6.07) is 11.1. The molecule has 0 aliphatic carbocycles. The summed E-state index contributed by atoms with van der Waals surface area (Å²) in [6.45, 7) is 4.15. The number of phenols is 1. The Hall–Kier alpha value is -2.25. The third-order valence-corrected chi connectivity index (χ3v) is 5.61. The molecule has 0 bridgehead atoms. The summed E-state index contributed by atoms with van der Waals surface area (Å²) in [7, 11) is 0. The lowest BCUT2D eigenvalue weighted by atomic mass is 9.97. The molecule has 4 rings (SSSR count). The average molecular weight is 399 g/mol. The van der Waals surface area contributed by atoms with Crippen LogP contribution in [0.4, 0.5) is 0 Å². The minimum Gasteiger partial charge on any atom is -0.505 e. The van der Waals surface area contributed by atoms with E-state index in [2.05, 4.69) is 19.8 Å². The fraction of sp³-hybridized carbons (Fsp3) is 0.333. The Balaban J connectivity index is 1.77. The van der Waals surface area contributed by atoms with Crippen molar-refractivity contribution in [3.05, 3.63) is 65.1 Å². The zero-order chi connectivity index (χ0) is 19.5. The lowest BCUT2D eigenvalue weighted by Crippen LogP contribution is -2.48. The number of β-amino-alcohol motifs (C(OH)–C–C–N with tert-alkyl or cyclic N) is 1. The summed E-state index contributed by atoms with van der Waals surface area (Å²) in [5.74, 6) is 0.147. The first-order valence-corrected chi connectivity index (χ1v) is 9.81. The zero-order valence-electron chi connectivity index (χ0n) is 15.5. The highest BCUT2D eigenvalue weighted by Gasteiger charge is 2.30. The number of hydrogen-bond donors (Lipinski definition) is 2. The van der Waals surface area contributed by atoms with E-state index in [4.69, 9.17) is 11.6 Å². The summed E-state index contributed by atoms with van der Waals surface area (Å²) in [4.78, 5) is 13.5. The summed E-state index contributed by atoms with van der Waals surface area (Å²) >= 11 is 6.54. The highest BCUT2D eigenvalue weighted by molar-refractivity contribution is 6.35. The first-order chi connectivity index (χ1) is 13.7. The topological polar surface area (TPSA) is 72.7 Å². The largest absolute Gasteiger partial charge is 0.505 e. The monoisotopic (exact) mass is 398 g/mol. The molecule has 1 aliphatic heterocycles. The van der Waals surface area contributed by atoms with Crippen molar-refractivity contribution in [2.24, 2.45) is 0 Å². The number of hydrogen-bond acceptors (Lipinski definition) is 6. The lowest BCUT2D eigenvalue weighted by Gasteiger charge is -2.39. The summed E-state index contributed by atoms with van der Waals surface area (Å²) in [5, 5.41) is 21.6. The van der Waals surface area contributed by atoms with Gasteiger partial charge in [-0.25, -0.2) is 0 Å². The Labute approximate surface area is 169 Å². The number of phenolic OH excluding ortho intramolecular Hbond substituents is 1. The van der Waals surface area contributed by atoms with Gasteiger partial charge >= 0.3 is 0 Å². The second kappa shape index (κ2) is 8.41. The van der Waals surface area contributed by atoms with Crippen LogP contribution in [0.25, 0.3) is 10.9 Å². The fourth-order valence-corrected chi connectivity index (χ4v) is 4.15. The molecular weight excluding hydrogens is 376 g/mol. The molecule has 28 heavy (non-hydrogen) atoms. The first-order valence-electron chi connectivity index (χ1n) is 9.43. The van der Waals surface area contributed by atoms with Crippen LogP contribution in [0.3, 0.4) is 0 Å². The minimum atomic E-state index is -0.221. The van der Waals surface area contributed by atoms with Gasteiger partial charge in [0, 0.05) is 56.1 Å². The predicted octanol–water partition coefficient (Wildman–Crippen LogP) is 2.69. The van der Waals surface area contributed by atoms with Crippen LogP contribution in [-0.2, 0) is 0 Å². The molecule has 2 aromatic heterocycles. The van der Waals surface area contributed by atoms with E-state index in [0.717, 1.165) is 37.3 Å². The summed E-state index contributed by atoms with van der Waals surface area (Å²) in [6.07, 6.45) is 3.42. The molecule has 146 valence electrons. The van der Waals surface area contributed by atoms with Crippen LogP contribution >= 0.6 is 11.6 Å². The number of aliphatic hydroxyl groups excluding tert-OH is 1. The Morgan fingerprint density at radius 1 is 1.04 bits per heavy atom. The third kappa shape index (κ3) is 3.69. The van der Waals surface area contributed by atoms with E-state index in [1.54, 1.807) is 12.4 Å². The Kier molecular flexibility index (Phi) is 5.73. The molecule has 1 fully saturated rings. The number of rotatable bonds is 5. The van der Waals surface area contributed by atoms with Crippen LogP contribution in [-0.4, -0.2) is 69.3 Å². The highest BCUT2D eigenvalue weighted by atomic mass is 35.5. The van der Waals surface area contributed by atoms with Crippen molar-refractivity contribution in [3.8, 4) is 5.75 Å². The highest BCUT2D eigenvalue weighted by Crippen LogP contribution is 2.40. The van der Waals surface area contributed by atoms with Crippen molar-refractivity contribution in [1.82, 2.24) is 19.8 Å². The number of halogens is 1. The van der Waals surface area contributed by atoms with E-state index >= 15 is 0 Å². The Bertz CT molecular complexity index is 946. The fourth-order valence-electron chi connectivity index (χ4n) is 3.88. The second-order valence-corrected chi connectivity index (χ2v) is 7.36. The van der Waals surface area contributed by atoms with Crippen LogP contribution in [0.15, 0.2) is 48.8 Å². The molecular formula is C21H23ClN4O2. The van der Waals surface area contributed by atoms with Crippen LogP contribution in [0.1, 0.15) is 17.3 Å². The minimum absolute atomic E-state index is 0.147. The number of benzene rings is 1. The number of aromatic nitrogens is 2. The maximum absolute atomic E-state index is 11.1. The normalized spacial score (nSPS) is 17.1. The van der Waals surface area contributed by atoms with Crippen LogP contribution < -0.4 is 0 Å². The molecule has 3 heterocycles. The molecule has 0 amide bonds. The van der Waals surface area contributed by atoms with Gasteiger partial charge in [-0.2, -0.15) is 0 Å². The Morgan fingerprint density at radius 2 is 1.82 bits per heavy atom. The molecule has 1 aliphatic rings. The molecule has 7 heteroatoms. The van der Waals surface area contributed by atoms with Crippen LogP contribution in [0.2, 0.25) is 5.02 Å². The molecule has 1 aromatic carbocycles. The number of piperazine rings is 1. The predicted molar refractivity (Wildman–Crippen MR) is 110 cm³/mol. The van der Waals surface area contributed by atoms with Crippen molar-refractivity contribution < 1.29 is 10.2 Å². The van der Waals surface area contributed by atoms with Gasteiger partial charge in [0.1, 0.15) is 11.3 Å². The van der Waals surface area contributed by atoms with E-state index < -0.39 is 0 Å². The Morgan fingerprint density at radius 3 is 2.54 bits per heavy atom. The van der Waals surface area contributed by atoms with Crippen molar-refractivity contribution in [1.29, 1.82) is 0 Å². The smallest absolute Gasteiger partial charge is 0.147 e. The van der Waals surface area contributed by atoms with Gasteiger partial charge in [-0.15, -0.1) is 0 Å². The van der Waals surface area contributed by atoms with E-state index in [1.807, 2.05) is 36.4 Å². The maximum atomic E-state index is 11.1. The SMILES string of the molecule is OCCN1CCN([C@H](c2ccccn2)c2cc(Cl)c3cccnc3c2O)CC1. The number of pyridine rings is 2. The second-order valence-electron chi connectivity index (χ2n) is 6.95. The van der Waals surface area contributed by atoms with Crippen LogP contribution in [0.5, 0.6) is 5.75 Å². The molecule has 1 atom stereocenters. The number of nitrogens with zero attached hydrogens (tertiary/aromatic N) is 4. The van der Waals surface area contributed by atoms with E-state index in [9.17, 15) is 10.2 Å². The number of aliphatic hydroxyl groups is 1. The zero-order valence-corrected chi connectivity index (χ0v) is 16.3. The molecule has 0 saturated carbocycles. The molecule has 0 spiro atoms. The lowest BCUT2D eigenvalue weighted by molar-refractivity contribution is 0.0927. The van der Waals surface area contributed by atoms with Gasteiger partial charge in [-0.3, -0.25) is 19.8 Å². The molecule has 2 N–H and O–H groups in total. The standard InChI is InChI=1S/C21H23ClN4O2/c22-17-14-16(21(28)19-15(17)4-3-7-24-19)20(18-5-1-2-6-23-18)26-10-8-25(9-11-26)12-13-27/h1-7,14,20,27-28H,8-13H2/t20-/m0/s1. The maximum Gasteiger partial charge on any atom is 0.147 e. The van der Waals surface area contributed by atoms with Crippen molar-refractivity contribution in [2.75, 3.05) is 39.3 Å². The summed E-state index contributed by atoms with van der Waals surface area (Å²) < 4.78 is 0. The van der Waals surface area contributed by atoms with Crippen molar-refractivity contribution in [2.45, 2.75) is 6.04 Å². The molecule has 6 nitrogen and oxygen atoms in total. The van der Waals surface area contributed by atoms with Gasteiger partial charge in [0.2, 0.25) is 0 Å². The molecule has 3 aromatic rings. The molecule has 1 saturated heterocycles. The number of fused-ring (bicyclic) bond motifs is 1. The van der Waals surface area contributed by atoms with Crippen LogP contribution in [0, 0.1) is 0 Å². The summed E-state index contributed by atoms with van der Waals surface area (Å²) in [5.41, 5.74) is 2.08. The first kappa shape index (κ1) is 19.1. The van der Waals surface area contributed by atoms with E-state index in [-0.39, 0.29) is 18.4 Å². The van der Waals surface area contributed by atoms with E-state index in [1.165, 1.54) is 0 Å². The van der Waals surface area contributed by atoms with Gasteiger partial charge in [-0.05, 0) is 30.3 Å². The molecule has 0 radical (unpaired) electrons.